The Bertz CT molecular complexity index is 590. The molecule has 0 aromatic heterocycles. The van der Waals surface area contributed by atoms with E-state index in [1.165, 1.54) is 14.0 Å². The maximum absolute atomic E-state index is 12.5. The molecule has 11 heteroatoms. The molecule has 2 N–H and O–H groups in total. The zero-order valence-corrected chi connectivity index (χ0v) is 18.5. The first-order valence-electron chi connectivity index (χ1n) is 8.98. The number of ether oxygens (including phenoxy) is 2. The van der Waals surface area contributed by atoms with Gasteiger partial charge in [-0.3, -0.25) is 0 Å². The Hall–Kier alpha value is -1.32. The van der Waals surface area contributed by atoms with Crippen LogP contribution in [-0.2, 0) is 37.4 Å². The van der Waals surface area contributed by atoms with Crippen molar-refractivity contribution in [2.24, 2.45) is 10.8 Å². The van der Waals surface area contributed by atoms with Crippen molar-refractivity contribution in [1.82, 2.24) is 5.32 Å². The Labute approximate surface area is 165 Å². The molecule has 28 heavy (non-hydrogen) atoms. The van der Waals surface area contributed by atoms with Crippen molar-refractivity contribution < 1.29 is 42.3 Å². The van der Waals surface area contributed by atoms with Crippen molar-refractivity contribution in [1.29, 1.82) is 0 Å². The number of nitrogens with one attached hydrogen (secondary N) is 1. The average Bonchev–Trinajstić information content (AvgIpc) is 2.56. The van der Waals surface area contributed by atoms with Crippen LogP contribution in [0, 0.1) is 10.8 Å². The Morgan fingerprint density at radius 1 is 1.32 bits per heavy atom. The van der Waals surface area contributed by atoms with Crippen molar-refractivity contribution in [2.75, 3.05) is 20.3 Å². The van der Waals surface area contributed by atoms with Crippen LogP contribution in [0.1, 0.15) is 48.0 Å². The second-order valence-corrected chi connectivity index (χ2v) is 10.1. The van der Waals surface area contributed by atoms with Gasteiger partial charge in [-0.2, -0.15) is 0 Å². The Morgan fingerprint density at radius 2 is 1.93 bits per heavy atom. The first-order chi connectivity index (χ1) is 12.7. The molecule has 0 spiro atoms. The van der Waals surface area contributed by atoms with Gasteiger partial charge in [-0.25, -0.2) is 0 Å². The van der Waals surface area contributed by atoms with Crippen LogP contribution >= 0.6 is 8.17 Å². The van der Waals surface area contributed by atoms with Crippen LogP contribution in [0.5, 0.6) is 0 Å². The van der Waals surface area contributed by atoms with Crippen LogP contribution in [0.25, 0.3) is 0 Å². The van der Waals surface area contributed by atoms with Gasteiger partial charge in [0, 0.05) is 0 Å². The second-order valence-electron chi connectivity index (χ2n) is 8.26. The molecule has 0 aliphatic carbocycles. The number of carbonyl (C=O) groups is 3. The summed E-state index contributed by atoms with van der Waals surface area (Å²) in [5, 5.41) is 2.57. The molecule has 0 aromatic rings. The van der Waals surface area contributed by atoms with Gasteiger partial charge in [0.25, 0.3) is 0 Å². The average molecular weight is 425 g/mol. The summed E-state index contributed by atoms with van der Waals surface area (Å²) in [5.41, 5.74) is -1.51. The van der Waals surface area contributed by atoms with Crippen molar-refractivity contribution in [2.45, 2.75) is 60.4 Å². The van der Waals surface area contributed by atoms with Gasteiger partial charge in [0.1, 0.15) is 0 Å². The molecule has 1 amide bonds. The summed E-state index contributed by atoms with van der Waals surface area (Å²) < 4.78 is 25.8. The molecule has 0 bridgehead atoms. The third kappa shape index (κ3) is 7.25. The van der Waals surface area contributed by atoms with E-state index in [9.17, 15) is 19.3 Å². The molecule has 2 atom stereocenters. The van der Waals surface area contributed by atoms with Crippen LogP contribution in [-0.4, -0.2) is 55.4 Å². The van der Waals surface area contributed by atoms with E-state index in [0.29, 0.717) is 0 Å². The molecule has 1 saturated heterocycles. The quantitative estimate of drug-likeness (QED) is 0.354. The van der Waals surface area contributed by atoms with E-state index >= 15 is 0 Å². The van der Waals surface area contributed by atoms with Crippen molar-refractivity contribution in [3.05, 3.63) is 0 Å². The second kappa shape index (κ2) is 9.45. The number of esters is 2. The van der Waals surface area contributed by atoms with Gasteiger partial charge in [-0.15, -0.1) is 0 Å². The summed E-state index contributed by atoms with van der Waals surface area (Å²) in [4.78, 5) is 46.2. The minimum absolute atomic E-state index is 0.00384. The van der Waals surface area contributed by atoms with Gasteiger partial charge in [-0.05, 0) is 0 Å². The van der Waals surface area contributed by atoms with E-state index in [1.807, 2.05) is 0 Å². The molecule has 1 unspecified atom stereocenters. The fourth-order valence-corrected chi connectivity index (χ4v) is 4.15. The Balaban J connectivity index is 2.73. The van der Waals surface area contributed by atoms with E-state index in [0.717, 1.165) is 0 Å². The third-order valence-corrected chi connectivity index (χ3v) is 5.57. The molecule has 1 aliphatic heterocycles. The molecule has 1 heterocycles. The molecular formula is C17H32NO9P. The van der Waals surface area contributed by atoms with Gasteiger partial charge >= 0.3 is 165 Å². The van der Waals surface area contributed by atoms with E-state index in [2.05, 4.69) is 10.1 Å². The van der Waals surface area contributed by atoms with E-state index in [1.54, 1.807) is 34.6 Å². The molecule has 0 saturated carbocycles. The standard InChI is InChI=1S/C17H32NO9P/c1-11(25-15(21)16(2,3)4)26-28(22)24-10-17(5,6)13(27-28)14(20)18-9-8-12(19)23-7/h11,13,22,28H,8-10H2,1-7H3,(H,18,20)/t11?,13-/m0/s1. The Kier molecular flexibility index (Phi) is 8.34. The summed E-state index contributed by atoms with van der Waals surface area (Å²) in [6, 6.07) is 0. The van der Waals surface area contributed by atoms with E-state index < -0.39 is 49.2 Å². The molecule has 164 valence electrons. The normalized spacial score (nSPS) is 23.2. The summed E-state index contributed by atoms with van der Waals surface area (Å²) >= 11 is 0. The van der Waals surface area contributed by atoms with Gasteiger partial charge < -0.3 is 0 Å². The van der Waals surface area contributed by atoms with Crippen molar-refractivity contribution in [3.63, 3.8) is 0 Å². The number of carbonyl (C=O) groups excluding carboxylic acids is 3. The molecule has 0 aromatic carbocycles. The first kappa shape index (κ1) is 24.7. The molecule has 1 rings (SSSR count). The predicted octanol–water partition coefficient (Wildman–Crippen LogP) is 1.46. The fraction of sp³-hybridized carbons (Fsp3) is 0.824. The van der Waals surface area contributed by atoms with Crippen LogP contribution in [0.2, 0.25) is 0 Å². The van der Waals surface area contributed by atoms with Crippen LogP contribution in [0.4, 0.5) is 0 Å². The van der Waals surface area contributed by atoms with Crippen molar-refractivity contribution >= 4 is 26.0 Å². The third-order valence-electron chi connectivity index (χ3n) is 3.90. The van der Waals surface area contributed by atoms with E-state index in [-0.39, 0.29) is 19.6 Å². The van der Waals surface area contributed by atoms with E-state index in [4.69, 9.17) is 18.3 Å². The maximum atomic E-state index is 12.5. The summed E-state index contributed by atoms with van der Waals surface area (Å²) in [5.74, 6) is -1.51. The number of methoxy groups -OCH3 is 1. The molecule has 10 nitrogen and oxygen atoms in total. The predicted molar refractivity (Wildman–Crippen MR) is 101 cm³/mol. The zero-order chi connectivity index (χ0) is 21.8. The first-order valence-corrected chi connectivity index (χ1v) is 10.6. The molecule has 1 fully saturated rings. The number of rotatable bonds is 7. The molecule has 0 radical (unpaired) electrons. The van der Waals surface area contributed by atoms with Crippen molar-refractivity contribution in [3.8, 4) is 0 Å². The molecular weight excluding hydrogens is 393 g/mol. The molecule has 1 aliphatic rings. The summed E-state index contributed by atoms with van der Waals surface area (Å²) in [6.45, 7) is 9.97. The number of amides is 1. The van der Waals surface area contributed by atoms with Crippen LogP contribution in [0.3, 0.4) is 0 Å². The van der Waals surface area contributed by atoms with Crippen LogP contribution < -0.4 is 5.32 Å². The van der Waals surface area contributed by atoms with Gasteiger partial charge in [-0.1, -0.05) is 0 Å². The summed E-state index contributed by atoms with van der Waals surface area (Å²) in [6.07, 6.45) is -2.21. The SMILES string of the molecule is COC(=O)CCNC(=O)[C@@H]1O[PH](O)(OC(C)OC(=O)C(C)(C)C)OCC1(C)C. The Morgan fingerprint density at radius 3 is 2.46 bits per heavy atom. The monoisotopic (exact) mass is 425 g/mol. The minimum atomic E-state index is -4.24. The van der Waals surface area contributed by atoms with Gasteiger partial charge in [0.15, 0.2) is 0 Å². The number of hydrogen-bond acceptors (Lipinski definition) is 9. The van der Waals surface area contributed by atoms with Crippen LogP contribution in [0.15, 0.2) is 0 Å². The topological polar surface area (TPSA) is 130 Å². The fourth-order valence-electron chi connectivity index (χ4n) is 2.21. The number of hydrogen-bond donors (Lipinski definition) is 2. The zero-order valence-electron chi connectivity index (χ0n) is 17.5. The van der Waals surface area contributed by atoms with Gasteiger partial charge in [0.05, 0.1) is 0 Å². The summed E-state index contributed by atoms with van der Waals surface area (Å²) in [7, 11) is -2.98. The van der Waals surface area contributed by atoms with Gasteiger partial charge in [0.2, 0.25) is 0 Å².